The lowest BCUT2D eigenvalue weighted by Crippen LogP contribution is -2.26. The van der Waals surface area contributed by atoms with Crippen LogP contribution >= 0.6 is 0 Å². The van der Waals surface area contributed by atoms with Crippen LogP contribution in [0.25, 0.3) is 0 Å². The maximum absolute atomic E-state index is 11.3. The quantitative estimate of drug-likeness (QED) is 0.416. The van der Waals surface area contributed by atoms with Crippen LogP contribution in [0, 0.1) is 0 Å². The molecule has 5 nitrogen and oxygen atoms in total. The summed E-state index contributed by atoms with van der Waals surface area (Å²) >= 11 is 0. The third-order valence-electron chi connectivity index (χ3n) is 2.62. The molecule has 0 spiro atoms. The van der Waals surface area contributed by atoms with Crippen molar-refractivity contribution in [1.82, 2.24) is 0 Å². The second kappa shape index (κ2) is 6.74. The number of hydrogen-bond acceptors (Lipinski definition) is 5. The highest BCUT2D eigenvalue weighted by Gasteiger charge is 2.19. The Hall–Kier alpha value is -0.910. The van der Waals surface area contributed by atoms with E-state index in [4.69, 9.17) is 4.74 Å². The standard InChI is InChI=1S/C12H20O5/c1-8-5-11(15)6-9(13)3-2-4-10(14)7-12(16)17-8/h2,4,8-11,13-15H,3,5-7H2,1H3. The number of ether oxygens (including phenoxy) is 1. The first-order chi connectivity index (χ1) is 7.97. The molecular weight excluding hydrogens is 224 g/mol. The smallest absolute Gasteiger partial charge is 0.309 e. The van der Waals surface area contributed by atoms with E-state index in [1.807, 2.05) is 0 Å². The maximum Gasteiger partial charge on any atom is 0.309 e. The van der Waals surface area contributed by atoms with Crippen molar-refractivity contribution < 1.29 is 24.9 Å². The Bertz CT molecular complexity index is 276. The molecule has 0 radical (unpaired) electrons. The van der Waals surface area contributed by atoms with Gasteiger partial charge in [0.05, 0.1) is 24.7 Å². The molecule has 1 heterocycles. The van der Waals surface area contributed by atoms with Crippen molar-refractivity contribution in [1.29, 1.82) is 0 Å². The molecule has 0 aromatic rings. The van der Waals surface area contributed by atoms with Crippen LogP contribution < -0.4 is 0 Å². The van der Waals surface area contributed by atoms with E-state index in [1.165, 1.54) is 6.08 Å². The van der Waals surface area contributed by atoms with Crippen LogP contribution in [0.4, 0.5) is 0 Å². The summed E-state index contributed by atoms with van der Waals surface area (Å²) in [7, 11) is 0. The molecule has 0 aromatic heterocycles. The van der Waals surface area contributed by atoms with Gasteiger partial charge in [0.15, 0.2) is 0 Å². The van der Waals surface area contributed by atoms with Crippen LogP contribution in [0.5, 0.6) is 0 Å². The number of carbonyl (C=O) groups excluding carboxylic acids is 1. The Labute approximate surface area is 101 Å². The van der Waals surface area contributed by atoms with Gasteiger partial charge < -0.3 is 20.1 Å². The molecule has 4 unspecified atom stereocenters. The van der Waals surface area contributed by atoms with E-state index >= 15 is 0 Å². The monoisotopic (exact) mass is 244 g/mol. The number of hydrogen-bond donors (Lipinski definition) is 3. The number of aliphatic hydroxyl groups excluding tert-OH is 3. The lowest BCUT2D eigenvalue weighted by molar-refractivity contribution is -0.151. The SMILES string of the molecule is CC1CC(O)CC(O)CC=CC(O)CC(=O)O1. The summed E-state index contributed by atoms with van der Waals surface area (Å²) in [5.74, 6) is -0.483. The van der Waals surface area contributed by atoms with E-state index in [1.54, 1.807) is 13.0 Å². The van der Waals surface area contributed by atoms with Crippen molar-refractivity contribution in [3.05, 3.63) is 12.2 Å². The zero-order valence-corrected chi connectivity index (χ0v) is 9.95. The minimum Gasteiger partial charge on any atom is -0.462 e. The molecule has 0 amide bonds. The third-order valence-corrected chi connectivity index (χ3v) is 2.62. The second-order valence-electron chi connectivity index (χ2n) is 4.51. The molecule has 0 saturated heterocycles. The molecule has 1 aliphatic heterocycles. The molecular formula is C12H20O5. The zero-order valence-electron chi connectivity index (χ0n) is 9.95. The van der Waals surface area contributed by atoms with E-state index in [9.17, 15) is 20.1 Å². The zero-order chi connectivity index (χ0) is 12.8. The Morgan fingerprint density at radius 1 is 1.24 bits per heavy atom. The summed E-state index contributed by atoms with van der Waals surface area (Å²) in [4.78, 5) is 11.3. The van der Waals surface area contributed by atoms with E-state index < -0.39 is 30.4 Å². The van der Waals surface area contributed by atoms with Crippen molar-refractivity contribution in [3.63, 3.8) is 0 Å². The summed E-state index contributed by atoms with van der Waals surface area (Å²) < 4.78 is 5.02. The molecule has 0 saturated carbocycles. The van der Waals surface area contributed by atoms with Gasteiger partial charge in [-0.25, -0.2) is 0 Å². The van der Waals surface area contributed by atoms with E-state index in [-0.39, 0.29) is 12.8 Å². The highest BCUT2D eigenvalue weighted by Crippen LogP contribution is 2.13. The van der Waals surface area contributed by atoms with Gasteiger partial charge in [-0.15, -0.1) is 0 Å². The Morgan fingerprint density at radius 2 is 1.94 bits per heavy atom. The fraction of sp³-hybridized carbons (Fsp3) is 0.750. The molecule has 5 heteroatoms. The van der Waals surface area contributed by atoms with Crippen LogP contribution in [-0.2, 0) is 9.53 Å². The Balaban J connectivity index is 2.64. The van der Waals surface area contributed by atoms with Crippen LogP contribution in [0.1, 0.15) is 32.6 Å². The van der Waals surface area contributed by atoms with Gasteiger partial charge in [-0.1, -0.05) is 12.2 Å². The molecule has 4 atom stereocenters. The third kappa shape index (κ3) is 5.81. The first-order valence-corrected chi connectivity index (χ1v) is 5.87. The number of carbonyl (C=O) groups is 1. The number of aliphatic hydroxyl groups is 3. The van der Waals surface area contributed by atoms with Gasteiger partial charge in [0.25, 0.3) is 0 Å². The number of esters is 1. The largest absolute Gasteiger partial charge is 0.462 e. The van der Waals surface area contributed by atoms with Crippen LogP contribution in [0.15, 0.2) is 12.2 Å². The highest BCUT2D eigenvalue weighted by atomic mass is 16.5. The minimum absolute atomic E-state index is 0.104. The normalized spacial score (nSPS) is 36.8. The summed E-state index contributed by atoms with van der Waals surface area (Å²) in [6.07, 6.45) is 1.23. The molecule has 0 bridgehead atoms. The second-order valence-corrected chi connectivity index (χ2v) is 4.51. The van der Waals surface area contributed by atoms with Crippen LogP contribution in [0.3, 0.4) is 0 Å². The van der Waals surface area contributed by atoms with Crippen molar-refractivity contribution in [3.8, 4) is 0 Å². The van der Waals surface area contributed by atoms with Gasteiger partial charge in [-0.3, -0.25) is 4.79 Å². The van der Waals surface area contributed by atoms with Crippen molar-refractivity contribution in [2.75, 3.05) is 0 Å². The van der Waals surface area contributed by atoms with Crippen LogP contribution in [-0.4, -0.2) is 45.7 Å². The van der Waals surface area contributed by atoms with E-state index in [2.05, 4.69) is 0 Å². The molecule has 98 valence electrons. The molecule has 3 N–H and O–H groups in total. The average Bonchev–Trinajstić information content (AvgIpc) is 2.14. The Kier molecular flexibility index (Phi) is 5.61. The predicted octanol–water partition coefficient (Wildman–Crippen LogP) is 0.131. The van der Waals surface area contributed by atoms with Crippen LogP contribution in [0.2, 0.25) is 0 Å². The van der Waals surface area contributed by atoms with Crippen molar-refractivity contribution in [2.24, 2.45) is 0 Å². The van der Waals surface area contributed by atoms with Gasteiger partial charge in [0.2, 0.25) is 0 Å². The van der Waals surface area contributed by atoms with E-state index in [0.29, 0.717) is 12.8 Å². The van der Waals surface area contributed by atoms with E-state index in [0.717, 1.165) is 0 Å². The molecule has 1 aliphatic rings. The highest BCUT2D eigenvalue weighted by molar-refractivity contribution is 5.70. The molecule has 0 aromatic carbocycles. The first-order valence-electron chi connectivity index (χ1n) is 5.87. The Morgan fingerprint density at radius 3 is 2.65 bits per heavy atom. The fourth-order valence-corrected chi connectivity index (χ4v) is 1.84. The van der Waals surface area contributed by atoms with Gasteiger partial charge in [-0.2, -0.15) is 0 Å². The molecule has 17 heavy (non-hydrogen) atoms. The number of rotatable bonds is 0. The predicted molar refractivity (Wildman–Crippen MR) is 61.2 cm³/mol. The molecule has 1 rings (SSSR count). The first kappa shape index (κ1) is 14.2. The van der Waals surface area contributed by atoms with Crippen molar-refractivity contribution >= 4 is 5.97 Å². The maximum atomic E-state index is 11.3. The fourth-order valence-electron chi connectivity index (χ4n) is 1.84. The summed E-state index contributed by atoms with van der Waals surface area (Å²) in [5.41, 5.74) is 0. The van der Waals surface area contributed by atoms with Crippen molar-refractivity contribution in [2.45, 2.75) is 57.0 Å². The van der Waals surface area contributed by atoms with Gasteiger partial charge in [0, 0.05) is 6.42 Å². The lowest BCUT2D eigenvalue weighted by atomic mass is 10.0. The van der Waals surface area contributed by atoms with Gasteiger partial charge in [-0.05, 0) is 19.8 Å². The molecule has 0 aliphatic carbocycles. The average molecular weight is 244 g/mol. The summed E-state index contributed by atoms with van der Waals surface area (Å²) in [5, 5.41) is 28.7. The summed E-state index contributed by atoms with van der Waals surface area (Å²) in [6, 6.07) is 0. The lowest BCUT2D eigenvalue weighted by Gasteiger charge is -2.20. The van der Waals surface area contributed by atoms with Gasteiger partial charge in [0.1, 0.15) is 6.10 Å². The molecule has 0 fully saturated rings. The van der Waals surface area contributed by atoms with Gasteiger partial charge >= 0.3 is 5.97 Å². The summed E-state index contributed by atoms with van der Waals surface area (Å²) in [6.45, 7) is 1.68. The number of cyclic esters (lactones) is 1. The minimum atomic E-state index is -0.883. The topological polar surface area (TPSA) is 87.0 Å².